The second-order valence-corrected chi connectivity index (χ2v) is 4.29. The van der Waals surface area contributed by atoms with Crippen LogP contribution in [0.5, 0.6) is 0 Å². The first kappa shape index (κ1) is 9.54. The van der Waals surface area contributed by atoms with E-state index in [0.717, 1.165) is 23.3 Å². The van der Waals surface area contributed by atoms with Crippen molar-refractivity contribution in [2.45, 2.75) is 25.9 Å². The summed E-state index contributed by atoms with van der Waals surface area (Å²) in [7, 11) is 0. The third kappa shape index (κ3) is 1.13. The van der Waals surface area contributed by atoms with E-state index >= 15 is 0 Å². The first-order valence-electron chi connectivity index (χ1n) is 5.44. The van der Waals surface area contributed by atoms with E-state index < -0.39 is 0 Å². The monoisotopic (exact) mass is 215 g/mol. The Bertz CT molecular complexity index is 630. The van der Waals surface area contributed by atoms with E-state index in [0.29, 0.717) is 11.9 Å². The SMILES string of the molecule is Cc1cccc2c(=O)n3c(nc12)[C@H](N)CC3. The highest BCUT2D eigenvalue weighted by Crippen LogP contribution is 2.22. The van der Waals surface area contributed by atoms with E-state index in [4.69, 9.17) is 5.73 Å². The summed E-state index contributed by atoms with van der Waals surface area (Å²) in [5, 5.41) is 0.692. The van der Waals surface area contributed by atoms with Crippen molar-refractivity contribution in [2.24, 2.45) is 5.73 Å². The molecule has 0 unspecified atom stereocenters. The predicted molar refractivity (Wildman–Crippen MR) is 62.3 cm³/mol. The standard InChI is InChI=1S/C12H13N3O/c1-7-3-2-4-8-10(7)14-11-9(13)5-6-15(11)12(8)16/h2-4,9H,5-6,13H2,1H3/t9-/m1/s1. The maximum Gasteiger partial charge on any atom is 0.261 e. The number of nitrogens with two attached hydrogens (primary N) is 1. The summed E-state index contributed by atoms with van der Waals surface area (Å²) in [6, 6.07) is 5.58. The van der Waals surface area contributed by atoms with E-state index in [-0.39, 0.29) is 11.6 Å². The first-order valence-corrected chi connectivity index (χ1v) is 5.44. The molecular formula is C12H13N3O. The molecule has 0 radical (unpaired) electrons. The minimum absolute atomic E-state index is 0.0386. The molecule has 0 saturated carbocycles. The molecule has 2 N–H and O–H groups in total. The molecule has 0 fully saturated rings. The van der Waals surface area contributed by atoms with Crippen molar-refractivity contribution in [2.75, 3.05) is 0 Å². The lowest BCUT2D eigenvalue weighted by Gasteiger charge is -2.08. The molecule has 2 heterocycles. The zero-order chi connectivity index (χ0) is 11.3. The van der Waals surface area contributed by atoms with Crippen molar-refractivity contribution >= 4 is 10.9 Å². The molecule has 0 spiro atoms. The minimum Gasteiger partial charge on any atom is -0.321 e. The highest BCUT2D eigenvalue weighted by Gasteiger charge is 2.23. The third-order valence-electron chi connectivity index (χ3n) is 3.21. The summed E-state index contributed by atoms with van der Waals surface area (Å²) in [5.41, 5.74) is 7.79. The molecule has 82 valence electrons. The van der Waals surface area contributed by atoms with Gasteiger partial charge in [0.15, 0.2) is 0 Å². The highest BCUT2D eigenvalue weighted by atomic mass is 16.1. The molecule has 2 aromatic rings. The van der Waals surface area contributed by atoms with Crippen molar-refractivity contribution in [3.63, 3.8) is 0 Å². The van der Waals surface area contributed by atoms with Crippen LogP contribution in [-0.2, 0) is 6.54 Å². The Morgan fingerprint density at radius 2 is 2.31 bits per heavy atom. The summed E-state index contributed by atoms with van der Waals surface area (Å²) < 4.78 is 1.70. The molecule has 3 rings (SSSR count). The molecule has 4 heteroatoms. The molecule has 0 amide bonds. The molecule has 1 aliphatic heterocycles. The second-order valence-electron chi connectivity index (χ2n) is 4.29. The van der Waals surface area contributed by atoms with E-state index in [9.17, 15) is 4.79 Å². The summed E-state index contributed by atoms with van der Waals surface area (Å²) in [5.74, 6) is 0.729. The average molecular weight is 215 g/mol. The topological polar surface area (TPSA) is 60.9 Å². The van der Waals surface area contributed by atoms with Gasteiger partial charge < -0.3 is 5.73 Å². The normalized spacial score (nSPS) is 19.0. The Morgan fingerprint density at radius 3 is 3.12 bits per heavy atom. The molecule has 4 nitrogen and oxygen atoms in total. The smallest absolute Gasteiger partial charge is 0.261 e. The van der Waals surface area contributed by atoms with Crippen LogP contribution in [0.2, 0.25) is 0 Å². The number of para-hydroxylation sites is 1. The molecular weight excluding hydrogens is 202 g/mol. The molecule has 1 aliphatic rings. The van der Waals surface area contributed by atoms with Crippen LogP contribution in [0.15, 0.2) is 23.0 Å². The fourth-order valence-electron chi connectivity index (χ4n) is 2.30. The second kappa shape index (κ2) is 3.15. The number of hydrogen-bond donors (Lipinski definition) is 1. The Hall–Kier alpha value is -1.68. The van der Waals surface area contributed by atoms with E-state index in [1.807, 2.05) is 25.1 Å². The molecule has 1 atom stereocenters. The Balaban J connectivity index is 2.49. The number of fused-ring (bicyclic) bond motifs is 2. The number of hydrogen-bond acceptors (Lipinski definition) is 3. The molecule has 1 aromatic heterocycles. The molecule has 16 heavy (non-hydrogen) atoms. The first-order chi connectivity index (χ1) is 7.68. The zero-order valence-corrected chi connectivity index (χ0v) is 9.10. The molecule has 0 bridgehead atoms. The number of nitrogens with zero attached hydrogens (tertiary/aromatic N) is 2. The lowest BCUT2D eigenvalue weighted by Crippen LogP contribution is -2.22. The van der Waals surface area contributed by atoms with Gasteiger partial charge in [0.1, 0.15) is 5.82 Å². The van der Waals surface area contributed by atoms with Gasteiger partial charge in [0, 0.05) is 6.54 Å². The van der Waals surface area contributed by atoms with Crippen LogP contribution < -0.4 is 11.3 Å². The fourth-order valence-corrected chi connectivity index (χ4v) is 2.30. The maximum atomic E-state index is 12.2. The van der Waals surface area contributed by atoms with Crippen LogP contribution in [0.3, 0.4) is 0 Å². The average Bonchev–Trinajstić information content (AvgIpc) is 2.63. The van der Waals surface area contributed by atoms with Crippen molar-refractivity contribution < 1.29 is 0 Å². The number of rotatable bonds is 0. The van der Waals surface area contributed by atoms with Crippen molar-refractivity contribution in [1.29, 1.82) is 0 Å². The molecule has 1 aromatic carbocycles. The third-order valence-corrected chi connectivity index (χ3v) is 3.21. The van der Waals surface area contributed by atoms with Gasteiger partial charge in [-0.15, -0.1) is 0 Å². The van der Waals surface area contributed by atoms with E-state index in [2.05, 4.69) is 4.98 Å². The van der Waals surface area contributed by atoms with Gasteiger partial charge in [0.05, 0.1) is 16.9 Å². The van der Waals surface area contributed by atoms with Crippen LogP contribution in [0.4, 0.5) is 0 Å². The van der Waals surface area contributed by atoms with E-state index in [1.165, 1.54) is 0 Å². The quantitative estimate of drug-likeness (QED) is 0.716. The fraction of sp³-hybridized carbons (Fsp3) is 0.333. The number of aryl methyl sites for hydroxylation is 1. The van der Waals surface area contributed by atoms with Crippen LogP contribution in [-0.4, -0.2) is 9.55 Å². The van der Waals surface area contributed by atoms with Crippen molar-refractivity contribution in [3.05, 3.63) is 39.9 Å². The van der Waals surface area contributed by atoms with Crippen LogP contribution in [0.1, 0.15) is 23.9 Å². The van der Waals surface area contributed by atoms with Crippen molar-refractivity contribution in [1.82, 2.24) is 9.55 Å². The van der Waals surface area contributed by atoms with E-state index in [1.54, 1.807) is 4.57 Å². The van der Waals surface area contributed by atoms with Gasteiger partial charge in [-0.2, -0.15) is 0 Å². The lowest BCUT2D eigenvalue weighted by molar-refractivity contribution is 0.679. The van der Waals surface area contributed by atoms with Gasteiger partial charge >= 0.3 is 0 Å². The van der Waals surface area contributed by atoms with Gasteiger partial charge in [0.2, 0.25) is 0 Å². The van der Waals surface area contributed by atoms with Gasteiger partial charge in [-0.3, -0.25) is 9.36 Å². The molecule has 0 saturated heterocycles. The summed E-state index contributed by atoms with van der Waals surface area (Å²) in [6.07, 6.45) is 0.803. The van der Waals surface area contributed by atoms with Crippen LogP contribution in [0, 0.1) is 6.92 Å². The Kier molecular flexibility index (Phi) is 1.88. The number of benzene rings is 1. The summed E-state index contributed by atoms with van der Waals surface area (Å²) >= 11 is 0. The summed E-state index contributed by atoms with van der Waals surface area (Å²) in [4.78, 5) is 16.7. The largest absolute Gasteiger partial charge is 0.321 e. The van der Waals surface area contributed by atoms with Gasteiger partial charge in [-0.1, -0.05) is 12.1 Å². The highest BCUT2D eigenvalue weighted by molar-refractivity contribution is 5.80. The van der Waals surface area contributed by atoms with Crippen molar-refractivity contribution in [3.8, 4) is 0 Å². The van der Waals surface area contributed by atoms with Crippen LogP contribution in [0.25, 0.3) is 10.9 Å². The Labute approximate surface area is 92.7 Å². The zero-order valence-electron chi connectivity index (χ0n) is 9.10. The van der Waals surface area contributed by atoms with Crippen LogP contribution >= 0.6 is 0 Å². The van der Waals surface area contributed by atoms with Gasteiger partial charge in [-0.05, 0) is 25.0 Å². The predicted octanol–water partition coefficient (Wildman–Crippen LogP) is 1.11. The van der Waals surface area contributed by atoms with Gasteiger partial charge in [-0.25, -0.2) is 4.98 Å². The molecule has 0 aliphatic carbocycles. The minimum atomic E-state index is -0.100. The van der Waals surface area contributed by atoms with Gasteiger partial charge in [0.25, 0.3) is 5.56 Å². The maximum absolute atomic E-state index is 12.2. The number of aromatic nitrogens is 2. The Morgan fingerprint density at radius 1 is 1.50 bits per heavy atom. The summed E-state index contributed by atoms with van der Waals surface area (Å²) in [6.45, 7) is 2.65. The lowest BCUT2D eigenvalue weighted by atomic mass is 10.1.